The van der Waals surface area contributed by atoms with E-state index in [2.05, 4.69) is 22.4 Å². The number of hydrogen-bond donors (Lipinski definition) is 1. The molecular weight excluding hydrogens is 278 g/mol. The maximum Gasteiger partial charge on any atom is 0.317 e. The predicted octanol–water partition coefficient (Wildman–Crippen LogP) is 1.85. The molecule has 1 aliphatic carbocycles. The van der Waals surface area contributed by atoms with Gasteiger partial charge in [-0.2, -0.15) is 0 Å². The van der Waals surface area contributed by atoms with Gasteiger partial charge in [0.2, 0.25) is 0 Å². The number of nitrogens with one attached hydrogen (secondary N) is 1. The predicted molar refractivity (Wildman–Crippen MR) is 86.9 cm³/mol. The normalized spacial score (nSPS) is 29.7. The Morgan fingerprint density at radius 2 is 2.05 bits per heavy atom. The smallest absolute Gasteiger partial charge is 0.317 e. The third-order valence-corrected chi connectivity index (χ3v) is 5.32. The highest BCUT2D eigenvalue weighted by atomic mass is 16.5. The Balaban J connectivity index is 1.42. The monoisotopic (exact) mass is 307 g/mol. The molecule has 1 spiro atoms. The first-order chi connectivity index (χ1) is 10.8. The minimum absolute atomic E-state index is 0.127. The average Bonchev–Trinajstić information content (AvgIpc) is 2.56. The molecule has 2 saturated heterocycles. The quantitative estimate of drug-likeness (QED) is 0.809. The summed E-state index contributed by atoms with van der Waals surface area (Å²) < 4.78 is 5.34. The first-order valence-corrected chi connectivity index (χ1v) is 8.75. The van der Waals surface area contributed by atoms with E-state index in [1.165, 1.54) is 19.3 Å². The van der Waals surface area contributed by atoms with Crippen LogP contribution in [0.5, 0.6) is 0 Å². The minimum atomic E-state index is 0.127. The molecule has 0 bridgehead atoms. The van der Waals surface area contributed by atoms with Gasteiger partial charge in [0, 0.05) is 39.3 Å². The molecule has 0 aromatic heterocycles. The summed E-state index contributed by atoms with van der Waals surface area (Å²) in [7, 11) is 0. The molecule has 3 aliphatic rings. The Morgan fingerprint density at radius 1 is 1.18 bits per heavy atom. The van der Waals surface area contributed by atoms with Gasteiger partial charge in [-0.1, -0.05) is 12.2 Å². The van der Waals surface area contributed by atoms with Gasteiger partial charge in [0.1, 0.15) is 0 Å². The second-order valence-electron chi connectivity index (χ2n) is 6.93. The highest BCUT2D eigenvalue weighted by Crippen LogP contribution is 2.40. The van der Waals surface area contributed by atoms with Crippen molar-refractivity contribution in [3.05, 3.63) is 12.2 Å². The van der Waals surface area contributed by atoms with E-state index in [1.54, 1.807) is 0 Å². The molecule has 3 rings (SSSR count). The Labute approximate surface area is 133 Å². The van der Waals surface area contributed by atoms with Gasteiger partial charge in [0.05, 0.1) is 13.2 Å². The number of morpholine rings is 1. The molecule has 5 heteroatoms. The molecule has 1 N–H and O–H groups in total. The second-order valence-corrected chi connectivity index (χ2v) is 6.93. The molecule has 0 unspecified atom stereocenters. The van der Waals surface area contributed by atoms with Gasteiger partial charge in [-0.05, 0) is 37.5 Å². The summed E-state index contributed by atoms with van der Waals surface area (Å²) in [6, 6.07) is 0.127. The largest absolute Gasteiger partial charge is 0.379 e. The van der Waals surface area contributed by atoms with Crippen LogP contribution in [0.2, 0.25) is 0 Å². The van der Waals surface area contributed by atoms with Crippen molar-refractivity contribution in [1.29, 1.82) is 0 Å². The topological polar surface area (TPSA) is 44.8 Å². The average molecular weight is 307 g/mol. The number of amides is 2. The summed E-state index contributed by atoms with van der Waals surface area (Å²) in [6.07, 6.45) is 10.6. The number of carbonyl (C=O) groups excluding carboxylic acids is 1. The van der Waals surface area contributed by atoms with Crippen LogP contribution in [0.1, 0.15) is 32.1 Å². The lowest BCUT2D eigenvalue weighted by Gasteiger charge is -2.43. The maximum atomic E-state index is 12.4. The Kier molecular flexibility index (Phi) is 5.37. The van der Waals surface area contributed by atoms with Crippen LogP contribution in [0.4, 0.5) is 4.79 Å². The van der Waals surface area contributed by atoms with Gasteiger partial charge in [-0.3, -0.25) is 4.90 Å². The maximum absolute atomic E-state index is 12.4. The molecule has 22 heavy (non-hydrogen) atoms. The van der Waals surface area contributed by atoms with Crippen LogP contribution in [0.25, 0.3) is 0 Å². The molecule has 2 fully saturated rings. The molecule has 0 saturated carbocycles. The number of allylic oxidation sites excluding steroid dienone is 2. The van der Waals surface area contributed by atoms with Crippen molar-refractivity contribution in [2.75, 3.05) is 52.5 Å². The summed E-state index contributed by atoms with van der Waals surface area (Å²) >= 11 is 0. The SMILES string of the molecule is O=C(NCCN1CCOCC1)N1CCC[C@]2(CC=CCC2)C1. The molecule has 2 heterocycles. The van der Waals surface area contributed by atoms with Crippen LogP contribution >= 0.6 is 0 Å². The lowest BCUT2D eigenvalue weighted by Crippen LogP contribution is -2.51. The van der Waals surface area contributed by atoms with E-state index in [1.807, 2.05) is 4.90 Å². The zero-order valence-corrected chi connectivity index (χ0v) is 13.6. The van der Waals surface area contributed by atoms with Crippen molar-refractivity contribution < 1.29 is 9.53 Å². The number of ether oxygens (including phenoxy) is 1. The zero-order valence-electron chi connectivity index (χ0n) is 13.6. The molecule has 0 aromatic rings. The zero-order chi connectivity index (χ0) is 15.3. The van der Waals surface area contributed by atoms with E-state index in [-0.39, 0.29) is 6.03 Å². The fraction of sp³-hybridized carbons (Fsp3) is 0.824. The highest BCUT2D eigenvalue weighted by Gasteiger charge is 2.36. The fourth-order valence-electron chi connectivity index (χ4n) is 3.95. The fourth-order valence-corrected chi connectivity index (χ4v) is 3.95. The number of urea groups is 1. The number of likely N-dealkylation sites (tertiary alicyclic amines) is 1. The van der Waals surface area contributed by atoms with Crippen molar-refractivity contribution >= 4 is 6.03 Å². The van der Waals surface area contributed by atoms with E-state index >= 15 is 0 Å². The van der Waals surface area contributed by atoms with E-state index in [9.17, 15) is 4.79 Å². The van der Waals surface area contributed by atoms with Crippen LogP contribution < -0.4 is 5.32 Å². The summed E-state index contributed by atoms with van der Waals surface area (Å²) in [6.45, 7) is 7.10. The molecule has 2 aliphatic heterocycles. The van der Waals surface area contributed by atoms with Crippen LogP contribution in [0.3, 0.4) is 0 Å². The molecule has 0 aromatic carbocycles. The molecule has 2 amide bonds. The lowest BCUT2D eigenvalue weighted by atomic mass is 9.71. The van der Waals surface area contributed by atoms with Crippen molar-refractivity contribution in [3.8, 4) is 0 Å². The molecule has 5 nitrogen and oxygen atoms in total. The van der Waals surface area contributed by atoms with Gasteiger partial charge >= 0.3 is 6.03 Å². The third-order valence-electron chi connectivity index (χ3n) is 5.32. The van der Waals surface area contributed by atoms with Crippen LogP contribution in [0, 0.1) is 5.41 Å². The summed E-state index contributed by atoms with van der Waals surface area (Å²) in [5.74, 6) is 0. The minimum Gasteiger partial charge on any atom is -0.379 e. The first-order valence-electron chi connectivity index (χ1n) is 8.75. The number of rotatable bonds is 3. The van der Waals surface area contributed by atoms with Crippen LogP contribution in [-0.2, 0) is 4.74 Å². The third kappa shape index (κ3) is 4.02. The number of nitrogens with zero attached hydrogens (tertiary/aromatic N) is 2. The number of piperidine rings is 1. The molecular formula is C17H29N3O2. The van der Waals surface area contributed by atoms with E-state index in [4.69, 9.17) is 4.74 Å². The van der Waals surface area contributed by atoms with Crippen LogP contribution in [-0.4, -0.2) is 68.3 Å². The van der Waals surface area contributed by atoms with Gasteiger partial charge in [0.25, 0.3) is 0 Å². The van der Waals surface area contributed by atoms with E-state index in [0.29, 0.717) is 5.41 Å². The van der Waals surface area contributed by atoms with E-state index in [0.717, 1.165) is 65.3 Å². The second kappa shape index (κ2) is 7.47. The molecule has 0 radical (unpaired) electrons. The van der Waals surface area contributed by atoms with E-state index < -0.39 is 0 Å². The summed E-state index contributed by atoms with van der Waals surface area (Å²) in [4.78, 5) is 16.8. The van der Waals surface area contributed by atoms with Gasteiger partial charge in [-0.25, -0.2) is 4.79 Å². The summed E-state index contributed by atoms with van der Waals surface area (Å²) in [5.41, 5.74) is 0.356. The van der Waals surface area contributed by atoms with Crippen molar-refractivity contribution in [2.45, 2.75) is 32.1 Å². The van der Waals surface area contributed by atoms with Crippen molar-refractivity contribution in [3.63, 3.8) is 0 Å². The Morgan fingerprint density at radius 3 is 2.82 bits per heavy atom. The first kappa shape index (κ1) is 15.8. The Hall–Kier alpha value is -1.07. The van der Waals surface area contributed by atoms with Crippen molar-refractivity contribution in [2.24, 2.45) is 5.41 Å². The standard InChI is InChI=1S/C17H29N3O2/c21-16(18-8-10-19-11-13-22-14-12-19)20-9-4-7-17(15-20)5-2-1-3-6-17/h1-2H,3-15H2,(H,18,21)/t17-/m1/s1. The van der Waals surface area contributed by atoms with Crippen molar-refractivity contribution in [1.82, 2.24) is 15.1 Å². The van der Waals surface area contributed by atoms with Gasteiger partial charge < -0.3 is 15.0 Å². The van der Waals surface area contributed by atoms with Gasteiger partial charge in [-0.15, -0.1) is 0 Å². The Bertz CT molecular complexity index is 407. The molecule has 1 atom stereocenters. The van der Waals surface area contributed by atoms with Crippen LogP contribution in [0.15, 0.2) is 12.2 Å². The highest BCUT2D eigenvalue weighted by molar-refractivity contribution is 5.74. The number of carbonyl (C=O) groups is 1. The summed E-state index contributed by atoms with van der Waals surface area (Å²) in [5, 5.41) is 3.11. The molecule has 124 valence electrons. The number of hydrogen-bond acceptors (Lipinski definition) is 3. The lowest BCUT2D eigenvalue weighted by molar-refractivity contribution is 0.0383. The van der Waals surface area contributed by atoms with Gasteiger partial charge in [0.15, 0.2) is 0 Å².